The minimum absolute atomic E-state index is 0.128. The smallest absolute Gasteiger partial charge is 0.133 e. The van der Waals surface area contributed by atoms with E-state index in [0.717, 1.165) is 22.6 Å². The van der Waals surface area contributed by atoms with Gasteiger partial charge in [0, 0.05) is 30.3 Å². The van der Waals surface area contributed by atoms with Crippen LogP contribution in [-0.2, 0) is 13.7 Å². The number of ether oxygens (including phenoxy) is 2. The van der Waals surface area contributed by atoms with E-state index >= 15 is 0 Å². The molecule has 2 N–H and O–H groups in total. The molecule has 0 aliphatic heterocycles. The molecule has 1 heterocycles. The van der Waals surface area contributed by atoms with Gasteiger partial charge in [-0.1, -0.05) is 17.7 Å². The first-order valence-electron chi connectivity index (χ1n) is 6.68. The monoisotopic (exact) mass is 309 g/mol. The molecule has 0 fully saturated rings. The third-order valence-electron chi connectivity index (χ3n) is 3.35. The molecule has 2 rings (SSSR count). The number of hydrogen-bond donors (Lipinski definition) is 1. The van der Waals surface area contributed by atoms with Crippen molar-refractivity contribution in [1.82, 2.24) is 9.78 Å². The first kappa shape index (κ1) is 15.7. The zero-order chi connectivity index (χ0) is 15.6. The van der Waals surface area contributed by atoms with Crippen LogP contribution in [0.2, 0.25) is 5.15 Å². The van der Waals surface area contributed by atoms with Crippen molar-refractivity contribution in [2.45, 2.75) is 26.5 Å². The second kappa shape index (κ2) is 6.37. The molecule has 0 saturated heterocycles. The molecule has 5 nitrogen and oxygen atoms in total. The van der Waals surface area contributed by atoms with Crippen molar-refractivity contribution in [3.8, 4) is 11.5 Å². The number of benzene rings is 1. The number of rotatable bonds is 5. The van der Waals surface area contributed by atoms with Gasteiger partial charge in [-0.3, -0.25) is 4.68 Å². The van der Waals surface area contributed by atoms with Crippen LogP contribution in [0.4, 0.5) is 0 Å². The van der Waals surface area contributed by atoms with Gasteiger partial charge in [0.25, 0.3) is 0 Å². The summed E-state index contributed by atoms with van der Waals surface area (Å²) in [7, 11) is 3.42. The van der Waals surface area contributed by atoms with Crippen LogP contribution in [0.5, 0.6) is 11.5 Å². The second-order valence-corrected chi connectivity index (χ2v) is 5.32. The molecule has 1 aromatic carbocycles. The van der Waals surface area contributed by atoms with Crippen molar-refractivity contribution < 1.29 is 9.47 Å². The zero-order valence-corrected chi connectivity index (χ0v) is 13.4. The standard InChI is InChI=1S/C15H20ClN3O2/c1-9(17)12-6-5-11(20-4)7-14(12)21-8-13-10(2)18-19(3)15(13)16/h5-7,9H,8,17H2,1-4H3/t9-/m1/s1. The molecule has 0 aliphatic carbocycles. The van der Waals surface area contributed by atoms with E-state index in [1.54, 1.807) is 18.8 Å². The molecule has 0 unspecified atom stereocenters. The Morgan fingerprint density at radius 3 is 2.67 bits per heavy atom. The predicted molar refractivity (Wildman–Crippen MR) is 82.9 cm³/mol. The highest BCUT2D eigenvalue weighted by molar-refractivity contribution is 6.30. The van der Waals surface area contributed by atoms with E-state index in [9.17, 15) is 0 Å². The molecule has 1 atom stereocenters. The fourth-order valence-electron chi connectivity index (χ4n) is 2.13. The van der Waals surface area contributed by atoms with Gasteiger partial charge >= 0.3 is 0 Å². The molecule has 0 bridgehead atoms. The summed E-state index contributed by atoms with van der Waals surface area (Å²) in [6.07, 6.45) is 0. The Balaban J connectivity index is 2.26. The Morgan fingerprint density at radius 2 is 2.14 bits per heavy atom. The van der Waals surface area contributed by atoms with E-state index in [-0.39, 0.29) is 6.04 Å². The summed E-state index contributed by atoms with van der Waals surface area (Å²) in [5.74, 6) is 1.42. The van der Waals surface area contributed by atoms with E-state index in [4.69, 9.17) is 26.8 Å². The number of hydrogen-bond acceptors (Lipinski definition) is 4. The third kappa shape index (κ3) is 3.31. The van der Waals surface area contributed by atoms with Crippen LogP contribution < -0.4 is 15.2 Å². The molecular formula is C15H20ClN3O2. The number of aromatic nitrogens is 2. The number of nitrogens with zero attached hydrogens (tertiary/aromatic N) is 2. The predicted octanol–water partition coefficient (Wildman–Crippen LogP) is 2.99. The Morgan fingerprint density at radius 1 is 1.43 bits per heavy atom. The van der Waals surface area contributed by atoms with Gasteiger partial charge < -0.3 is 15.2 Å². The SMILES string of the molecule is COc1ccc([C@@H](C)N)c(OCc2c(C)nn(C)c2Cl)c1. The van der Waals surface area contributed by atoms with E-state index < -0.39 is 0 Å². The van der Waals surface area contributed by atoms with E-state index in [1.807, 2.05) is 32.0 Å². The second-order valence-electron chi connectivity index (χ2n) is 4.96. The number of methoxy groups -OCH3 is 1. The Hall–Kier alpha value is -1.72. The summed E-state index contributed by atoms with van der Waals surface area (Å²) >= 11 is 6.21. The van der Waals surface area contributed by atoms with Crippen molar-refractivity contribution in [1.29, 1.82) is 0 Å². The lowest BCUT2D eigenvalue weighted by molar-refractivity contribution is 0.298. The van der Waals surface area contributed by atoms with Crippen molar-refractivity contribution in [2.24, 2.45) is 12.8 Å². The largest absolute Gasteiger partial charge is 0.497 e. The van der Waals surface area contributed by atoms with Gasteiger partial charge in [0.1, 0.15) is 23.3 Å². The number of aryl methyl sites for hydroxylation is 2. The summed E-state index contributed by atoms with van der Waals surface area (Å²) in [6.45, 7) is 4.16. The highest BCUT2D eigenvalue weighted by Crippen LogP contribution is 2.30. The number of halogens is 1. The highest BCUT2D eigenvalue weighted by atomic mass is 35.5. The minimum atomic E-state index is -0.128. The molecule has 2 aromatic rings. The molecule has 21 heavy (non-hydrogen) atoms. The first-order chi connectivity index (χ1) is 9.93. The lowest BCUT2D eigenvalue weighted by atomic mass is 10.1. The molecule has 0 spiro atoms. The Kier molecular flexibility index (Phi) is 4.75. The molecule has 0 saturated carbocycles. The van der Waals surface area contributed by atoms with Gasteiger partial charge in [0.2, 0.25) is 0 Å². The molecular weight excluding hydrogens is 290 g/mol. The Labute approximate surface area is 129 Å². The van der Waals surface area contributed by atoms with Crippen LogP contribution in [0.15, 0.2) is 18.2 Å². The van der Waals surface area contributed by atoms with E-state index in [2.05, 4.69) is 5.10 Å². The van der Waals surface area contributed by atoms with Crippen LogP contribution in [0.1, 0.15) is 29.8 Å². The van der Waals surface area contributed by atoms with Gasteiger partial charge in [-0.2, -0.15) is 5.10 Å². The van der Waals surface area contributed by atoms with E-state index in [0.29, 0.717) is 17.5 Å². The molecule has 0 aliphatic rings. The zero-order valence-electron chi connectivity index (χ0n) is 12.7. The van der Waals surface area contributed by atoms with Crippen molar-refractivity contribution >= 4 is 11.6 Å². The molecule has 114 valence electrons. The summed E-state index contributed by atoms with van der Waals surface area (Å²) in [5, 5.41) is 4.85. The fraction of sp³-hybridized carbons (Fsp3) is 0.400. The van der Waals surface area contributed by atoms with Gasteiger partial charge in [0.05, 0.1) is 12.8 Å². The van der Waals surface area contributed by atoms with Crippen molar-refractivity contribution in [2.75, 3.05) is 7.11 Å². The summed E-state index contributed by atoms with van der Waals surface area (Å²) < 4.78 is 12.8. The lowest BCUT2D eigenvalue weighted by Crippen LogP contribution is -2.08. The molecule has 6 heteroatoms. The quantitative estimate of drug-likeness (QED) is 0.922. The van der Waals surface area contributed by atoms with Gasteiger partial charge in [-0.25, -0.2) is 0 Å². The Bertz CT molecular complexity index is 638. The van der Waals surface area contributed by atoms with Crippen LogP contribution in [0, 0.1) is 6.92 Å². The maximum absolute atomic E-state index is 6.21. The lowest BCUT2D eigenvalue weighted by Gasteiger charge is -2.15. The summed E-state index contributed by atoms with van der Waals surface area (Å²) in [5.41, 5.74) is 8.63. The fourth-order valence-corrected chi connectivity index (χ4v) is 2.36. The molecule has 0 amide bonds. The van der Waals surface area contributed by atoms with Crippen molar-refractivity contribution in [3.63, 3.8) is 0 Å². The van der Waals surface area contributed by atoms with Gasteiger partial charge in [-0.05, 0) is 19.9 Å². The van der Waals surface area contributed by atoms with Crippen LogP contribution in [-0.4, -0.2) is 16.9 Å². The topological polar surface area (TPSA) is 62.3 Å². The number of nitrogens with two attached hydrogens (primary N) is 1. The van der Waals surface area contributed by atoms with Crippen LogP contribution >= 0.6 is 11.6 Å². The van der Waals surface area contributed by atoms with Crippen molar-refractivity contribution in [3.05, 3.63) is 40.2 Å². The van der Waals surface area contributed by atoms with Crippen LogP contribution in [0.3, 0.4) is 0 Å². The third-order valence-corrected chi connectivity index (χ3v) is 3.83. The van der Waals surface area contributed by atoms with Crippen LogP contribution in [0.25, 0.3) is 0 Å². The van der Waals surface area contributed by atoms with Gasteiger partial charge in [0.15, 0.2) is 0 Å². The molecule has 1 aromatic heterocycles. The average Bonchev–Trinajstić information content (AvgIpc) is 2.69. The van der Waals surface area contributed by atoms with E-state index in [1.165, 1.54) is 0 Å². The highest BCUT2D eigenvalue weighted by Gasteiger charge is 2.14. The maximum atomic E-state index is 6.21. The first-order valence-corrected chi connectivity index (χ1v) is 7.06. The summed E-state index contributed by atoms with van der Waals surface area (Å²) in [6, 6.07) is 5.49. The van der Waals surface area contributed by atoms with Gasteiger partial charge in [-0.15, -0.1) is 0 Å². The minimum Gasteiger partial charge on any atom is -0.497 e. The molecule has 0 radical (unpaired) electrons. The maximum Gasteiger partial charge on any atom is 0.133 e. The normalized spacial score (nSPS) is 12.3. The average molecular weight is 310 g/mol. The summed E-state index contributed by atoms with van der Waals surface area (Å²) in [4.78, 5) is 0.